The number of amides is 1. The summed E-state index contributed by atoms with van der Waals surface area (Å²) in [5, 5.41) is 4.05. The van der Waals surface area contributed by atoms with Crippen LogP contribution in [0.1, 0.15) is 11.5 Å². The van der Waals surface area contributed by atoms with Crippen molar-refractivity contribution in [2.45, 2.75) is 6.54 Å². The first-order valence-electron chi connectivity index (χ1n) is 10.0. The Balaban J connectivity index is 1.29. The molecule has 0 aliphatic carbocycles. The number of hydrogen-bond donors (Lipinski definition) is 0. The molecule has 160 valence electrons. The summed E-state index contributed by atoms with van der Waals surface area (Å²) in [4.78, 5) is 20.8. The van der Waals surface area contributed by atoms with Gasteiger partial charge in [-0.05, 0) is 36.4 Å². The molecule has 1 amide bonds. The van der Waals surface area contributed by atoms with Gasteiger partial charge in [-0.3, -0.25) is 9.69 Å². The lowest BCUT2D eigenvalue weighted by Gasteiger charge is -2.33. The van der Waals surface area contributed by atoms with E-state index < -0.39 is 0 Å². The van der Waals surface area contributed by atoms with Crippen LogP contribution in [0.3, 0.4) is 0 Å². The number of rotatable bonds is 6. The van der Waals surface area contributed by atoms with Gasteiger partial charge in [-0.1, -0.05) is 23.4 Å². The average molecular weight is 422 g/mol. The van der Waals surface area contributed by atoms with Crippen LogP contribution in [-0.2, 0) is 11.3 Å². The molecule has 0 N–H and O–H groups in total. The van der Waals surface area contributed by atoms with Crippen molar-refractivity contribution in [2.75, 3.05) is 33.3 Å². The smallest absolute Gasteiger partial charge is 0.246 e. The third-order valence-electron chi connectivity index (χ3n) is 5.17. The average Bonchev–Trinajstić information content (AvgIpc) is 3.27. The summed E-state index contributed by atoms with van der Waals surface area (Å²) < 4.78 is 24.2. The summed E-state index contributed by atoms with van der Waals surface area (Å²) in [6, 6.07) is 13.8. The lowest BCUT2D eigenvalue weighted by molar-refractivity contribution is -0.127. The van der Waals surface area contributed by atoms with Crippen LogP contribution in [0.2, 0.25) is 0 Å². The molecule has 0 radical (unpaired) electrons. The first-order valence-corrected chi connectivity index (χ1v) is 10.0. The van der Waals surface area contributed by atoms with Crippen molar-refractivity contribution in [2.24, 2.45) is 0 Å². The largest absolute Gasteiger partial charge is 0.497 e. The third kappa shape index (κ3) is 5.16. The van der Waals surface area contributed by atoms with E-state index >= 15 is 0 Å². The Morgan fingerprint density at radius 3 is 2.58 bits per heavy atom. The zero-order chi connectivity index (χ0) is 21.6. The lowest BCUT2D eigenvalue weighted by atomic mass is 10.2. The predicted molar refractivity (Wildman–Crippen MR) is 114 cm³/mol. The number of benzene rings is 2. The van der Waals surface area contributed by atoms with Crippen molar-refractivity contribution in [1.29, 1.82) is 0 Å². The van der Waals surface area contributed by atoms with Gasteiger partial charge in [0, 0.05) is 43.4 Å². The van der Waals surface area contributed by atoms with Gasteiger partial charge in [-0.2, -0.15) is 4.98 Å². The normalized spacial score (nSPS) is 14.8. The summed E-state index contributed by atoms with van der Waals surface area (Å²) in [5.74, 6) is 1.37. The fourth-order valence-electron chi connectivity index (χ4n) is 3.37. The van der Waals surface area contributed by atoms with E-state index in [1.165, 1.54) is 18.2 Å². The number of methoxy groups -OCH3 is 1. The highest BCUT2D eigenvalue weighted by Crippen LogP contribution is 2.20. The zero-order valence-electron chi connectivity index (χ0n) is 17.2. The number of halogens is 1. The number of carbonyl (C=O) groups excluding carboxylic acids is 1. The predicted octanol–water partition coefficient (Wildman–Crippen LogP) is 3.24. The van der Waals surface area contributed by atoms with E-state index in [9.17, 15) is 9.18 Å². The minimum atomic E-state index is -0.343. The summed E-state index contributed by atoms with van der Waals surface area (Å²) in [7, 11) is 1.62. The Kier molecular flexibility index (Phi) is 6.37. The van der Waals surface area contributed by atoms with Gasteiger partial charge >= 0.3 is 0 Å². The molecule has 2 heterocycles. The number of piperazine rings is 1. The topological polar surface area (TPSA) is 71.7 Å². The number of aromatic nitrogens is 2. The van der Waals surface area contributed by atoms with E-state index in [1.807, 2.05) is 24.3 Å². The second kappa shape index (κ2) is 9.53. The van der Waals surface area contributed by atoms with Crippen LogP contribution in [-0.4, -0.2) is 59.1 Å². The second-order valence-corrected chi connectivity index (χ2v) is 7.20. The van der Waals surface area contributed by atoms with E-state index in [2.05, 4.69) is 15.0 Å². The third-order valence-corrected chi connectivity index (χ3v) is 5.17. The molecule has 0 spiro atoms. The molecule has 1 aliphatic rings. The Morgan fingerprint density at radius 1 is 1.13 bits per heavy atom. The monoisotopic (exact) mass is 422 g/mol. The Hall–Kier alpha value is -3.52. The molecule has 31 heavy (non-hydrogen) atoms. The van der Waals surface area contributed by atoms with Crippen LogP contribution >= 0.6 is 0 Å². The van der Waals surface area contributed by atoms with Crippen LogP contribution in [0.4, 0.5) is 4.39 Å². The van der Waals surface area contributed by atoms with Gasteiger partial charge < -0.3 is 14.2 Å². The number of nitrogens with zero attached hydrogens (tertiary/aromatic N) is 4. The SMILES string of the molecule is COc1ccc(-c2noc(CN3CCN(C(=O)C=Cc4ccccc4F)CC3)n2)cc1. The van der Waals surface area contributed by atoms with Crippen LogP contribution in [0.5, 0.6) is 5.75 Å². The molecule has 7 nitrogen and oxygen atoms in total. The molecule has 0 saturated carbocycles. The quantitative estimate of drug-likeness (QED) is 0.568. The number of ether oxygens (including phenoxy) is 1. The first kappa shape index (κ1) is 20.7. The molecular weight excluding hydrogens is 399 g/mol. The number of hydrogen-bond acceptors (Lipinski definition) is 6. The van der Waals surface area contributed by atoms with Crippen LogP contribution in [0.25, 0.3) is 17.5 Å². The van der Waals surface area contributed by atoms with E-state index in [1.54, 1.807) is 30.2 Å². The molecule has 2 aromatic carbocycles. The van der Waals surface area contributed by atoms with E-state index in [0.29, 0.717) is 50.0 Å². The fourth-order valence-corrected chi connectivity index (χ4v) is 3.37. The van der Waals surface area contributed by atoms with E-state index in [-0.39, 0.29) is 11.7 Å². The van der Waals surface area contributed by atoms with Gasteiger partial charge in [-0.25, -0.2) is 4.39 Å². The standard InChI is InChI=1S/C23H23FN4O3/c1-30-19-9-6-18(7-10-19)23-25-21(31-26-23)16-27-12-14-28(15-13-27)22(29)11-8-17-4-2-3-5-20(17)24/h2-11H,12-16H2,1H3. The highest BCUT2D eigenvalue weighted by Gasteiger charge is 2.21. The Labute approximate surface area is 179 Å². The Bertz CT molecular complexity index is 1060. The lowest BCUT2D eigenvalue weighted by Crippen LogP contribution is -2.47. The minimum absolute atomic E-state index is 0.123. The van der Waals surface area contributed by atoms with Crippen molar-refractivity contribution < 1.29 is 18.4 Å². The number of carbonyl (C=O) groups is 1. The van der Waals surface area contributed by atoms with Crippen LogP contribution in [0.15, 0.2) is 59.1 Å². The molecule has 3 aromatic rings. The Morgan fingerprint density at radius 2 is 1.87 bits per heavy atom. The minimum Gasteiger partial charge on any atom is -0.497 e. The van der Waals surface area contributed by atoms with E-state index in [4.69, 9.17) is 9.26 Å². The fraction of sp³-hybridized carbons (Fsp3) is 0.261. The molecule has 1 fully saturated rings. The molecule has 1 aromatic heterocycles. The molecule has 0 atom stereocenters. The molecule has 0 unspecified atom stereocenters. The van der Waals surface area contributed by atoms with Crippen LogP contribution < -0.4 is 4.74 Å². The molecule has 0 bridgehead atoms. The van der Waals surface area contributed by atoms with Crippen molar-refractivity contribution in [3.63, 3.8) is 0 Å². The van der Waals surface area contributed by atoms with Gasteiger partial charge in [0.1, 0.15) is 11.6 Å². The van der Waals surface area contributed by atoms with E-state index in [0.717, 1.165) is 11.3 Å². The highest BCUT2D eigenvalue weighted by atomic mass is 19.1. The van der Waals surface area contributed by atoms with Crippen LogP contribution in [0, 0.1) is 5.82 Å². The summed E-state index contributed by atoms with van der Waals surface area (Å²) in [6.45, 7) is 3.08. The van der Waals surface area contributed by atoms with Crippen molar-refractivity contribution in [3.8, 4) is 17.1 Å². The van der Waals surface area contributed by atoms with Crippen molar-refractivity contribution >= 4 is 12.0 Å². The van der Waals surface area contributed by atoms with Gasteiger partial charge in [0.15, 0.2) is 0 Å². The van der Waals surface area contributed by atoms with Gasteiger partial charge in [-0.15, -0.1) is 0 Å². The van der Waals surface area contributed by atoms with Gasteiger partial charge in [0.25, 0.3) is 0 Å². The first-order chi connectivity index (χ1) is 15.1. The zero-order valence-corrected chi connectivity index (χ0v) is 17.2. The molecule has 1 aliphatic heterocycles. The highest BCUT2D eigenvalue weighted by molar-refractivity contribution is 5.91. The van der Waals surface area contributed by atoms with Gasteiger partial charge in [0.2, 0.25) is 17.6 Å². The van der Waals surface area contributed by atoms with Gasteiger partial charge in [0.05, 0.1) is 13.7 Å². The van der Waals surface area contributed by atoms with Crippen molar-refractivity contribution in [3.05, 3.63) is 71.9 Å². The second-order valence-electron chi connectivity index (χ2n) is 7.20. The maximum Gasteiger partial charge on any atom is 0.246 e. The summed E-state index contributed by atoms with van der Waals surface area (Å²) in [5.41, 5.74) is 1.26. The molecule has 1 saturated heterocycles. The summed E-state index contributed by atoms with van der Waals surface area (Å²) >= 11 is 0. The van der Waals surface area contributed by atoms with Crippen molar-refractivity contribution in [1.82, 2.24) is 19.9 Å². The molecule has 8 heteroatoms. The maximum absolute atomic E-state index is 13.7. The maximum atomic E-state index is 13.7. The molecular formula is C23H23FN4O3. The summed E-state index contributed by atoms with van der Waals surface area (Å²) in [6.07, 6.45) is 2.94. The molecule has 4 rings (SSSR count).